The molecule has 0 aliphatic carbocycles. The highest BCUT2D eigenvalue weighted by atomic mass is 15.1. The lowest BCUT2D eigenvalue weighted by Gasteiger charge is -2.22. The van der Waals surface area contributed by atoms with E-state index < -0.39 is 0 Å². The maximum Gasteiger partial charge on any atom is 0.137 e. The predicted octanol–water partition coefficient (Wildman–Crippen LogP) is 2.28. The molecule has 3 nitrogen and oxygen atoms in total. The molecule has 0 fully saturated rings. The minimum Gasteiger partial charge on any atom is -0.346 e. The third kappa shape index (κ3) is 1.53. The maximum atomic E-state index is 4.32. The predicted molar refractivity (Wildman–Crippen MR) is 66.2 cm³/mol. The normalized spacial score (nSPS) is 17.7. The summed E-state index contributed by atoms with van der Waals surface area (Å²) in [7, 11) is 2.16. The van der Waals surface area contributed by atoms with Gasteiger partial charge in [-0.3, -0.25) is 0 Å². The molecule has 1 N–H and O–H groups in total. The Bertz CT molecular complexity index is 539. The number of nitrogens with one attached hydrogen (secondary N) is 1. The van der Waals surface area contributed by atoms with Gasteiger partial charge in [0, 0.05) is 30.9 Å². The number of aromatic amines is 1. The minimum atomic E-state index is 0.984. The van der Waals surface area contributed by atoms with Crippen LogP contribution in [0.1, 0.15) is 12.0 Å². The molecule has 0 bridgehead atoms. The van der Waals surface area contributed by atoms with Crippen molar-refractivity contribution in [1.29, 1.82) is 0 Å². The molecular weight excluding hydrogens is 198 g/mol. The summed E-state index contributed by atoms with van der Waals surface area (Å²) in [6, 6.07) is 4.23. The van der Waals surface area contributed by atoms with Gasteiger partial charge in [-0.2, -0.15) is 0 Å². The van der Waals surface area contributed by atoms with Gasteiger partial charge in [0.05, 0.1) is 0 Å². The molecule has 0 amide bonds. The Morgan fingerprint density at radius 3 is 3.12 bits per heavy atom. The molecule has 3 heteroatoms. The van der Waals surface area contributed by atoms with Crippen LogP contribution in [0.5, 0.6) is 0 Å². The van der Waals surface area contributed by atoms with Crippen LogP contribution in [0.2, 0.25) is 0 Å². The van der Waals surface area contributed by atoms with E-state index in [4.69, 9.17) is 0 Å². The Morgan fingerprint density at radius 1 is 1.38 bits per heavy atom. The van der Waals surface area contributed by atoms with Gasteiger partial charge in [-0.25, -0.2) is 4.98 Å². The molecule has 0 saturated heterocycles. The molecular formula is C13H15N3. The lowest BCUT2D eigenvalue weighted by molar-refractivity contribution is 0.370. The van der Waals surface area contributed by atoms with Gasteiger partial charge in [0.1, 0.15) is 5.65 Å². The highest BCUT2D eigenvalue weighted by Crippen LogP contribution is 2.27. The quantitative estimate of drug-likeness (QED) is 0.788. The molecule has 0 atom stereocenters. The first-order valence-electron chi connectivity index (χ1n) is 5.64. The minimum absolute atomic E-state index is 0.984. The second kappa shape index (κ2) is 3.76. The van der Waals surface area contributed by atoms with Crippen LogP contribution < -0.4 is 0 Å². The molecule has 0 radical (unpaired) electrons. The molecule has 2 aromatic rings. The van der Waals surface area contributed by atoms with E-state index in [1.165, 1.54) is 16.5 Å². The topological polar surface area (TPSA) is 31.9 Å². The van der Waals surface area contributed by atoms with Crippen LogP contribution in [0, 0.1) is 0 Å². The fourth-order valence-electron chi connectivity index (χ4n) is 2.26. The molecule has 82 valence electrons. The Kier molecular flexibility index (Phi) is 2.26. The maximum absolute atomic E-state index is 4.32. The number of nitrogens with zero attached hydrogens (tertiary/aromatic N) is 2. The summed E-state index contributed by atoms with van der Waals surface area (Å²) < 4.78 is 0. The van der Waals surface area contributed by atoms with Crippen LogP contribution in [0.4, 0.5) is 0 Å². The molecule has 0 unspecified atom stereocenters. The molecule has 3 heterocycles. The van der Waals surface area contributed by atoms with Crippen molar-refractivity contribution in [3.8, 4) is 0 Å². The van der Waals surface area contributed by atoms with E-state index >= 15 is 0 Å². The number of aromatic nitrogens is 2. The van der Waals surface area contributed by atoms with E-state index in [0.717, 1.165) is 25.2 Å². The van der Waals surface area contributed by atoms with Crippen LogP contribution in [-0.2, 0) is 0 Å². The number of rotatable bonds is 1. The largest absolute Gasteiger partial charge is 0.346 e. The molecule has 2 aromatic heterocycles. The molecule has 0 saturated carbocycles. The van der Waals surface area contributed by atoms with Gasteiger partial charge >= 0.3 is 0 Å². The average Bonchev–Trinajstić information content (AvgIpc) is 2.78. The first-order chi connectivity index (χ1) is 7.84. The Labute approximate surface area is 94.8 Å². The molecule has 0 aromatic carbocycles. The third-order valence-corrected chi connectivity index (χ3v) is 3.22. The monoisotopic (exact) mass is 213 g/mol. The van der Waals surface area contributed by atoms with Gasteiger partial charge in [-0.15, -0.1) is 0 Å². The van der Waals surface area contributed by atoms with Crippen LogP contribution in [0.25, 0.3) is 16.6 Å². The number of fused-ring (bicyclic) bond motifs is 1. The zero-order valence-electron chi connectivity index (χ0n) is 9.40. The number of H-pyrrole nitrogens is 1. The Hall–Kier alpha value is -1.61. The van der Waals surface area contributed by atoms with Crippen LogP contribution >= 0.6 is 0 Å². The summed E-state index contributed by atoms with van der Waals surface area (Å²) in [5.41, 5.74) is 3.77. The molecule has 1 aliphatic heterocycles. The van der Waals surface area contributed by atoms with Gasteiger partial charge in [0.15, 0.2) is 0 Å². The standard InChI is InChI=1S/C13H15N3/c1-16-8-4-10(5-9-16)11-2-6-14-13-12(11)3-7-15-13/h2-4,6-7H,5,8-9H2,1H3,(H,14,15). The fourth-order valence-corrected chi connectivity index (χ4v) is 2.26. The zero-order valence-corrected chi connectivity index (χ0v) is 9.40. The smallest absolute Gasteiger partial charge is 0.137 e. The first kappa shape index (κ1) is 9.60. The van der Waals surface area contributed by atoms with Gasteiger partial charge in [-0.05, 0) is 36.7 Å². The second-order valence-electron chi connectivity index (χ2n) is 4.34. The van der Waals surface area contributed by atoms with E-state index in [-0.39, 0.29) is 0 Å². The fraction of sp³-hybridized carbons (Fsp3) is 0.308. The van der Waals surface area contributed by atoms with Crippen LogP contribution in [0.3, 0.4) is 0 Å². The van der Waals surface area contributed by atoms with Gasteiger partial charge in [0.2, 0.25) is 0 Å². The molecule has 16 heavy (non-hydrogen) atoms. The van der Waals surface area contributed by atoms with Crippen molar-refractivity contribution < 1.29 is 0 Å². The molecule has 0 spiro atoms. The van der Waals surface area contributed by atoms with Crippen molar-refractivity contribution in [2.24, 2.45) is 0 Å². The van der Waals surface area contributed by atoms with E-state index in [0.29, 0.717) is 0 Å². The summed E-state index contributed by atoms with van der Waals surface area (Å²) in [5, 5.41) is 1.23. The summed E-state index contributed by atoms with van der Waals surface area (Å²) in [6.07, 6.45) is 7.29. The van der Waals surface area contributed by atoms with Crippen molar-refractivity contribution in [2.75, 3.05) is 20.1 Å². The lowest BCUT2D eigenvalue weighted by atomic mass is 9.98. The first-order valence-corrected chi connectivity index (χ1v) is 5.64. The number of hydrogen-bond donors (Lipinski definition) is 1. The highest BCUT2D eigenvalue weighted by Gasteiger charge is 2.12. The molecule has 1 aliphatic rings. The summed E-state index contributed by atoms with van der Waals surface area (Å²) in [4.78, 5) is 9.81. The van der Waals surface area contributed by atoms with Crippen molar-refractivity contribution in [2.45, 2.75) is 6.42 Å². The van der Waals surface area contributed by atoms with Gasteiger partial charge in [-0.1, -0.05) is 6.08 Å². The van der Waals surface area contributed by atoms with E-state index in [9.17, 15) is 0 Å². The number of likely N-dealkylation sites (N-methyl/N-ethyl adjacent to an activating group) is 1. The van der Waals surface area contributed by atoms with Crippen molar-refractivity contribution >= 4 is 16.6 Å². The van der Waals surface area contributed by atoms with E-state index in [1.807, 2.05) is 12.4 Å². The van der Waals surface area contributed by atoms with Gasteiger partial charge < -0.3 is 9.88 Å². The zero-order chi connectivity index (χ0) is 11.0. The van der Waals surface area contributed by atoms with Crippen LogP contribution in [-0.4, -0.2) is 35.0 Å². The Balaban J connectivity index is 2.09. The number of hydrogen-bond acceptors (Lipinski definition) is 2. The SMILES string of the molecule is CN1CC=C(c2ccnc3[nH]ccc23)CC1. The highest BCUT2D eigenvalue weighted by molar-refractivity contribution is 5.90. The van der Waals surface area contributed by atoms with E-state index in [1.54, 1.807) is 0 Å². The van der Waals surface area contributed by atoms with Crippen molar-refractivity contribution in [1.82, 2.24) is 14.9 Å². The third-order valence-electron chi connectivity index (χ3n) is 3.22. The van der Waals surface area contributed by atoms with Crippen molar-refractivity contribution in [3.05, 3.63) is 36.2 Å². The van der Waals surface area contributed by atoms with Crippen LogP contribution in [0.15, 0.2) is 30.6 Å². The molecule has 3 rings (SSSR count). The summed E-state index contributed by atoms with van der Waals surface area (Å²) in [5.74, 6) is 0. The van der Waals surface area contributed by atoms with Crippen molar-refractivity contribution in [3.63, 3.8) is 0 Å². The number of pyridine rings is 1. The average molecular weight is 213 g/mol. The second-order valence-corrected chi connectivity index (χ2v) is 4.34. The summed E-state index contributed by atoms with van der Waals surface area (Å²) in [6.45, 7) is 2.18. The van der Waals surface area contributed by atoms with Gasteiger partial charge in [0.25, 0.3) is 0 Å². The Morgan fingerprint density at radius 2 is 2.31 bits per heavy atom. The summed E-state index contributed by atoms with van der Waals surface area (Å²) >= 11 is 0. The lowest BCUT2D eigenvalue weighted by Crippen LogP contribution is -2.23. The van der Waals surface area contributed by atoms with E-state index in [2.05, 4.69) is 40.1 Å².